The van der Waals surface area contributed by atoms with E-state index in [1.165, 1.54) is 4.52 Å². The minimum atomic E-state index is -0.616. The van der Waals surface area contributed by atoms with Gasteiger partial charge >= 0.3 is 0 Å². The van der Waals surface area contributed by atoms with Crippen molar-refractivity contribution in [3.8, 4) is 5.88 Å². The summed E-state index contributed by atoms with van der Waals surface area (Å²) in [5.74, 6) is -0.872. The van der Waals surface area contributed by atoms with Gasteiger partial charge in [0.1, 0.15) is 3.70 Å². The Balaban J connectivity index is 2.28. The van der Waals surface area contributed by atoms with E-state index < -0.39 is 11.5 Å². The molecule has 1 aliphatic carbocycles. The van der Waals surface area contributed by atoms with Crippen LogP contribution < -0.4 is 10.9 Å². The number of amides is 1. The van der Waals surface area contributed by atoms with Gasteiger partial charge in [0, 0.05) is 12.6 Å². The lowest BCUT2D eigenvalue weighted by Gasteiger charge is -2.23. The molecule has 3 rings (SSSR count). The summed E-state index contributed by atoms with van der Waals surface area (Å²) < 4.78 is 3.96. The topological polar surface area (TPSA) is 88.6 Å². The number of nitrogens with zero attached hydrogens (tertiary/aromatic N) is 3. The summed E-state index contributed by atoms with van der Waals surface area (Å²) in [7, 11) is 0. The van der Waals surface area contributed by atoms with E-state index >= 15 is 0 Å². The molecule has 0 bridgehead atoms. The van der Waals surface area contributed by atoms with Crippen LogP contribution in [0.5, 0.6) is 5.88 Å². The molecule has 9 heteroatoms. The Morgan fingerprint density at radius 2 is 2.08 bits per heavy atom. The molecular formula is C15H18BrIN4O3. The number of rotatable bonds is 3. The number of hydrogen-bond acceptors (Lipinski definition) is 4. The van der Waals surface area contributed by atoms with E-state index in [0.29, 0.717) is 20.4 Å². The third-order valence-corrected chi connectivity index (χ3v) is 5.91. The zero-order valence-electron chi connectivity index (χ0n) is 13.6. The molecule has 1 amide bonds. The lowest BCUT2D eigenvalue weighted by molar-refractivity contribution is 0.0944. The third kappa shape index (κ3) is 3.19. The van der Waals surface area contributed by atoms with E-state index in [4.69, 9.17) is 0 Å². The average molecular weight is 509 g/mol. The highest BCUT2D eigenvalue weighted by Gasteiger charge is 2.31. The number of carbonyl (C=O) groups excluding carboxylic acids is 1. The smallest absolute Gasteiger partial charge is 0.291 e. The largest absolute Gasteiger partial charge is 0.494 e. The number of fused-ring (bicyclic) bond motifs is 1. The molecule has 0 aliphatic heterocycles. The molecule has 0 atom stereocenters. The van der Waals surface area contributed by atoms with Crippen molar-refractivity contribution in [2.24, 2.45) is 5.41 Å². The summed E-state index contributed by atoms with van der Waals surface area (Å²) in [6, 6.07) is 0.0903. The molecule has 1 aliphatic rings. The molecule has 2 heterocycles. The van der Waals surface area contributed by atoms with Crippen molar-refractivity contribution in [1.29, 1.82) is 0 Å². The lowest BCUT2D eigenvalue weighted by Crippen LogP contribution is -2.35. The zero-order chi connectivity index (χ0) is 17.8. The zero-order valence-corrected chi connectivity index (χ0v) is 17.3. The maximum absolute atomic E-state index is 12.7. The van der Waals surface area contributed by atoms with Gasteiger partial charge in [-0.15, -0.1) is 0 Å². The van der Waals surface area contributed by atoms with Gasteiger partial charge in [-0.25, -0.2) is 0 Å². The van der Waals surface area contributed by atoms with Gasteiger partial charge in [0.05, 0.1) is 4.47 Å². The van der Waals surface area contributed by atoms with Crippen LogP contribution in [0.1, 0.15) is 44.0 Å². The molecule has 0 unspecified atom stereocenters. The maximum Gasteiger partial charge on any atom is 0.291 e. The molecule has 1 saturated carbocycles. The van der Waals surface area contributed by atoms with Crippen molar-refractivity contribution in [2.75, 3.05) is 0 Å². The number of nitrogens with one attached hydrogen (secondary N) is 1. The first-order chi connectivity index (χ1) is 11.1. The molecule has 2 aromatic heterocycles. The van der Waals surface area contributed by atoms with Crippen molar-refractivity contribution in [1.82, 2.24) is 19.5 Å². The predicted octanol–water partition coefficient (Wildman–Crippen LogP) is 2.51. The molecule has 7 nitrogen and oxygen atoms in total. The maximum atomic E-state index is 12.7. The monoisotopic (exact) mass is 508 g/mol. The molecule has 2 N–H and O–H groups in total. The second kappa shape index (κ2) is 6.01. The Kier molecular flexibility index (Phi) is 4.44. The van der Waals surface area contributed by atoms with E-state index in [2.05, 4.69) is 26.3 Å². The quantitative estimate of drug-likeness (QED) is 0.623. The fourth-order valence-corrected chi connectivity index (χ4v) is 3.40. The van der Waals surface area contributed by atoms with Crippen molar-refractivity contribution < 1.29 is 9.90 Å². The Morgan fingerprint density at radius 3 is 2.62 bits per heavy atom. The number of hydrogen-bond donors (Lipinski definition) is 2. The van der Waals surface area contributed by atoms with Crippen molar-refractivity contribution in [3.63, 3.8) is 0 Å². The van der Waals surface area contributed by atoms with Gasteiger partial charge in [-0.1, -0.05) is 20.8 Å². The second-order valence-electron chi connectivity index (χ2n) is 7.24. The van der Waals surface area contributed by atoms with Crippen LogP contribution in [0.25, 0.3) is 5.65 Å². The van der Waals surface area contributed by atoms with Gasteiger partial charge in [-0.3, -0.25) is 14.2 Å². The number of aromatic hydroxyl groups is 1. The number of aromatic nitrogens is 3. The third-order valence-electron chi connectivity index (χ3n) is 3.68. The van der Waals surface area contributed by atoms with Gasteiger partial charge in [-0.2, -0.15) is 9.61 Å². The summed E-state index contributed by atoms with van der Waals surface area (Å²) in [4.78, 5) is 25.2. The Bertz CT molecular complexity index is 893. The minimum Gasteiger partial charge on any atom is -0.494 e. The highest BCUT2D eigenvalue weighted by Crippen LogP contribution is 2.30. The second-order valence-corrected chi connectivity index (χ2v) is 9.05. The summed E-state index contributed by atoms with van der Waals surface area (Å²) in [5, 5.41) is 17.7. The van der Waals surface area contributed by atoms with Crippen LogP contribution in [0.15, 0.2) is 9.27 Å². The van der Waals surface area contributed by atoms with Crippen LogP contribution in [-0.4, -0.2) is 31.2 Å². The molecule has 0 aromatic carbocycles. The normalized spacial score (nSPS) is 15.0. The van der Waals surface area contributed by atoms with Gasteiger partial charge in [0.15, 0.2) is 11.2 Å². The van der Waals surface area contributed by atoms with Crippen LogP contribution in [0, 0.1) is 9.12 Å². The molecule has 0 spiro atoms. The van der Waals surface area contributed by atoms with Crippen LogP contribution in [-0.2, 0) is 6.54 Å². The first kappa shape index (κ1) is 17.7. The van der Waals surface area contributed by atoms with Crippen LogP contribution in [0.2, 0.25) is 0 Å². The molecule has 130 valence electrons. The van der Waals surface area contributed by atoms with Crippen LogP contribution >= 0.6 is 38.5 Å². The summed E-state index contributed by atoms with van der Waals surface area (Å²) in [6.07, 6.45) is 1.80. The first-order valence-electron chi connectivity index (χ1n) is 7.60. The highest BCUT2D eigenvalue weighted by atomic mass is 127. The Morgan fingerprint density at radius 1 is 1.46 bits per heavy atom. The first-order valence-corrected chi connectivity index (χ1v) is 9.47. The fraction of sp³-hybridized carbons (Fsp3) is 0.533. The average Bonchev–Trinajstić information content (AvgIpc) is 3.20. The lowest BCUT2D eigenvalue weighted by atomic mass is 9.96. The highest BCUT2D eigenvalue weighted by molar-refractivity contribution is 14.1. The van der Waals surface area contributed by atoms with Gasteiger partial charge < -0.3 is 10.4 Å². The molecule has 1 fully saturated rings. The SMILES string of the molecule is CC(C)(C)Cn1c(O)c(C(=O)NC2CC2)c(=O)n2nc(I)c(Br)c12. The van der Waals surface area contributed by atoms with E-state index in [0.717, 1.165) is 12.8 Å². The minimum absolute atomic E-state index is 0.0903. The van der Waals surface area contributed by atoms with Crippen LogP contribution in [0.3, 0.4) is 0 Å². The van der Waals surface area contributed by atoms with E-state index in [9.17, 15) is 14.7 Å². The van der Waals surface area contributed by atoms with E-state index in [1.54, 1.807) is 4.57 Å². The summed E-state index contributed by atoms with van der Waals surface area (Å²) in [6.45, 7) is 6.47. The van der Waals surface area contributed by atoms with E-state index in [-0.39, 0.29) is 22.9 Å². The van der Waals surface area contributed by atoms with Gasteiger partial charge in [0.2, 0.25) is 5.88 Å². The van der Waals surface area contributed by atoms with Gasteiger partial charge in [-0.05, 0) is 56.8 Å². The van der Waals surface area contributed by atoms with Crippen molar-refractivity contribution >= 4 is 50.1 Å². The predicted molar refractivity (Wildman–Crippen MR) is 101 cm³/mol. The van der Waals surface area contributed by atoms with Gasteiger partial charge in [0.25, 0.3) is 11.5 Å². The molecule has 0 radical (unpaired) electrons. The molecule has 2 aromatic rings. The summed E-state index contributed by atoms with van der Waals surface area (Å²) >= 11 is 5.43. The number of halogens is 2. The Hall–Kier alpha value is -1.10. The molecular weight excluding hydrogens is 491 g/mol. The standard InChI is InChI=1S/C15H18BrIN4O3/c1-15(2,3)6-20-12-9(16)10(17)19-21(12)14(24)8(13(20)23)11(22)18-7-4-5-7/h7,23H,4-6H2,1-3H3,(H,18,22). The van der Waals surface area contributed by atoms with Crippen molar-refractivity contribution in [2.45, 2.75) is 46.2 Å². The van der Waals surface area contributed by atoms with E-state index in [1.807, 2.05) is 43.4 Å². The van der Waals surface area contributed by atoms with Crippen LogP contribution in [0.4, 0.5) is 0 Å². The summed E-state index contributed by atoms with van der Waals surface area (Å²) in [5.41, 5.74) is -0.605. The molecule has 0 saturated heterocycles. The number of carbonyl (C=O) groups is 1. The fourth-order valence-electron chi connectivity index (χ4n) is 2.48. The van der Waals surface area contributed by atoms with Crippen molar-refractivity contribution in [3.05, 3.63) is 24.1 Å². The Labute approximate surface area is 160 Å². The molecule has 24 heavy (non-hydrogen) atoms.